The Labute approximate surface area is 207 Å². The second-order valence-electron chi connectivity index (χ2n) is 11.1. The maximum absolute atomic E-state index is 12.0. The number of hydrogen-bond donors (Lipinski definition) is 1. The molecule has 0 saturated carbocycles. The first-order valence-electron chi connectivity index (χ1n) is 11.7. The van der Waals surface area contributed by atoms with E-state index >= 15 is 0 Å². The average Bonchev–Trinajstić information content (AvgIpc) is 3.07. The molecule has 0 radical (unpaired) electrons. The van der Waals surface area contributed by atoms with Gasteiger partial charge in [-0.2, -0.15) is 0 Å². The van der Waals surface area contributed by atoms with Gasteiger partial charge in [-0.25, -0.2) is 0 Å². The van der Waals surface area contributed by atoms with Crippen LogP contribution in [0.4, 0.5) is 16.2 Å². The van der Waals surface area contributed by atoms with E-state index in [1.165, 1.54) is 35.2 Å². The van der Waals surface area contributed by atoms with E-state index in [4.69, 9.17) is 0 Å². The van der Waals surface area contributed by atoms with Gasteiger partial charge >= 0.3 is 0 Å². The maximum Gasteiger partial charge on any atom is 0.290 e. The Hall–Kier alpha value is -2.73. The fourth-order valence-electron chi connectivity index (χ4n) is 5.00. The summed E-state index contributed by atoms with van der Waals surface area (Å²) in [6.45, 7) is 9.42. The van der Waals surface area contributed by atoms with Gasteiger partial charge in [0.1, 0.15) is 0 Å². The number of hydrogen-bond acceptors (Lipinski definition) is 5. The highest BCUT2D eigenvalue weighted by atomic mass is 32.2. The Morgan fingerprint density at radius 2 is 1.38 bits per heavy atom. The highest BCUT2D eigenvalue weighted by molar-refractivity contribution is 8.18. The van der Waals surface area contributed by atoms with Gasteiger partial charge in [0.2, 0.25) is 0 Å². The number of imide groups is 1. The number of carbonyl (C=O) groups excluding carboxylic acids is 2. The number of nitrogens with one attached hydrogen (secondary N) is 1. The van der Waals surface area contributed by atoms with Crippen molar-refractivity contribution in [2.45, 2.75) is 51.4 Å². The van der Waals surface area contributed by atoms with Gasteiger partial charge in [-0.1, -0.05) is 39.8 Å². The Morgan fingerprint density at radius 3 is 1.91 bits per heavy atom. The molecule has 5 nitrogen and oxygen atoms in total. The summed E-state index contributed by atoms with van der Waals surface area (Å²) in [6.07, 6.45) is 4.13. The average molecular weight is 478 g/mol. The molecular formula is C28H35N3O2S. The van der Waals surface area contributed by atoms with Crippen molar-refractivity contribution in [3.05, 3.63) is 51.9 Å². The Morgan fingerprint density at radius 1 is 0.824 bits per heavy atom. The molecule has 0 unspecified atom stereocenters. The topological polar surface area (TPSA) is 52.7 Å². The molecule has 1 aliphatic heterocycles. The summed E-state index contributed by atoms with van der Waals surface area (Å²) in [5.74, 6) is -0.333. The van der Waals surface area contributed by atoms with Crippen molar-refractivity contribution in [2.75, 3.05) is 38.0 Å². The van der Waals surface area contributed by atoms with Crippen LogP contribution in [0.15, 0.2) is 35.2 Å². The minimum Gasteiger partial charge on any atom is -0.377 e. The molecule has 0 bridgehead atoms. The van der Waals surface area contributed by atoms with Gasteiger partial charge in [0.05, 0.1) is 4.91 Å². The van der Waals surface area contributed by atoms with E-state index in [1.54, 1.807) is 6.08 Å². The quantitative estimate of drug-likeness (QED) is 0.535. The van der Waals surface area contributed by atoms with Crippen molar-refractivity contribution in [2.24, 2.45) is 0 Å². The van der Waals surface area contributed by atoms with Crippen LogP contribution < -0.4 is 15.1 Å². The van der Waals surface area contributed by atoms with Gasteiger partial charge in [0.15, 0.2) is 0 Å². The predicted molar refractivity (Wildman–Crippen MR) is 145 cm³/mol. The van der Waals surface area contributed by atoms with Crippen molar-refractivity contribution in [3.8, 4) is 11.1 Å². The van der Waals surface area contributed by atoms with Gasteiger partial charge in [0.25, 0.3) is 11.1 Å². The number of thioether (sulfide) groups is 1. The zero-order chi connectivity index (χ0) is 25.0. The van der Waals surface area contributed by atoms with Crippen LogP contribution in [0.25, 0.3) is 17.2 Å². The van der Waals surface area contributed by atoms with Gasteiger partial charge in [-0.15, -0.1) is 0 Å². The van der Waals surface area contributed by atoms with Crippen LogP contribution in [-0.2, 0) is 15.6 Å². The molecule has 0 spiro atoms. The van der Waals surface area contributed by atoms with Gasteiger partial charge in [-0.3, -0.25) is 14.9 Å². The maximum atomic E-state index is 12.0. The predicted octanol–water partition coefficient (Wildman–Crippen LogP) is 6.16. The molecule has 1 fully saturated rings. The monoisotopic (exact) mass is 477 g/mol. The van der Waals surface area contributed by atoms with Crippen LogP contribution >= 0.6 is 11.8 Å². The molecule has 6 heteroatoms. The van der Waals surface area contributed by atoms with Crippen molar-refractivity contribution in [1.82, 2.24) is 5.32 Å². The van der Waals surface area contributed by atoms with Crippen molar-refractivity contribution < 1.29 is 9.59 Å². The fraction of sp³-hybridized carbons (Fsp3) is 0.429. The highest BCUT2D eigenvalue weighted by Gasteiger charge is 2.38. The first kappa shape index (κ1) is 24.4. The first-order valence-corrected chi connectivity index (χ1v) is 12.5. The molecule has 1 saturated heterocycles. The van der Waals surface area contributed by atoms with Gasteiger partial charge in [0, 0.05) is 50.7 Å². The lowest BCUT2D eigenvalue weighted by Crippen LogP contribution is -2.34. The molecule has 34 heavy (non-hydrogen) atoms. The lowest BCUT2D eigenvalue weighted by Gasteiger charge is -2.43. The standard InChI is InChI=1S/C28H35N3O2S/c1-27(2)11-12-28(3,4)21-16-23(31(7)8)19(15-20(21)27)18-10-9-17(13-22(18)30(5)6)14-24-25(32)29-26(33)34-24/h9-10,13-16H,11-12H2,1-8H3,(H,29,32,33). The third-order valence-electron chi connectivity index (χ3n) is 7.18. The first-order chi connectivity index (χ1) is 15.8. The number of fused-ring (bicyclic) bond motifs is 1. The number of anilines is 2. The van der Waals surface area contributed by atoms with Crippen molar-refractivity contribution in [1.29, 1.82) is 0 Å². The summed E-state index contributed by atoms with van der Waals surface area (Å²) in [5.41, 5.74) is 8.66. The van der Waals surface area contributed by atoms with E-state index in [0.29, 0.717) is 4.91 Å². The largest absolute Gasteiger partial charge is 0.377 e. The molecule has 1 heterocycles. The van der Waals surface area contributed by atoms with E-state index in [1.807, 2.05) is 20.2 Å². The van der Waals surface area contributed by atoms with E-state index in [9.17, 15) is 9.59 Å². The summed E-state index contributed by atoms with van der Waals surface area (Å²) in [4.78, 5) is 28.3. The van der Waals surface area contributed by atoms with E-state index in [-0.39, 0.29) is 22.0 Å². The molecule has 1 aliphatic carbocycles. The molecule has 0 atom stereocenters. The van der Waals surface area contributed by atoms with Crippen LogP contribution in [0.1, 0.15) is 57.2 Å². The minimum atomic E-state index is -0.333. The number of rotatable bonds is 4. The summed E-state index contributed by atoms with van der Waals surface area (Å²) >= 11 is 0.946. The molecule has 0 aromatic heterocycles. The number of amides is 2. The number of carbonyl (C=O) groups is 2. The fourth-order valence-corrected chi connectivity index (χ4v) is 5.68. The normalized spacial score (nSPS) is 19.7. The van der Waals surface area contributed by atoms with E-state index < -0.39 is 0 Å². The van der Waals surface area contributed by atoms with Gasteiger partial charge in [-0.05, 0) is 76.4 Å². The SMILES string of the molecule is CN(C)c1cc(C=C2SC(=O)NC2=O)ccc1-c1cc2c(cc1N(C)C)C(C)(C)CCC2(C)C. The summed E-state index contributed by atoms with van der Waals surface area (Å²) < 4.78 is 0. The lowest BCUT2D eigenvalue weighted by atomic mass is 9.62. The second-order valence-corrected chi connectivity index (χ2v) is 12.1. The minimum absolute atomic E-state index is 0.118. The Kier molecular flexibility index (Phi) is 6.09. The second kappa shape index (κ2) is 8.49. The Bertz CT molecular complexity index is 1210. The summed E-state index contributed by atoms with van der Waals surface area (Å²) in [5, 5.41) is 2.00. The third kappa shape index (κ3) is 4.36. The van der Waals surface area contributed by atoms with E-state index in [0.717, 1.165) is 28.6 Å². The van der Waals surface area contributed by atoms with E-state index in [2.05, 4.69) is 81.2 Å². The van der Waals surface area contributed by atoms with Crippen molar-refractivity contribution in [3.63, 3.8) is 0 Å². The molecule has 2 aliphatic rings. The third-order valence-corrected chi connectivity index (χ3v) is 8.00. The number of benzene rings is 2. The number of nitrogens with zero attached hydrogens (tertiary/aromatic N) is 2. The summed E-state index contributed by atoms with van der Waals surface area (Å²) in [6, 6.07) is 11.1. The molecule has 1 N–H and O–H groups in total. The molecule has 2 aromatic carbocycles. The Balaban J connectivity index is 1.91. The molecular weight excluding hydrogens is 442 g/mol. The lowest BCUT2D eigenvalue weighted by molar-refractivity contribution is -0.115. The molecule has 180 valence electrons. The molecule has 2 amide bonds. The van der Waals surface area contributed by atoms with Crippen LogP contribution in [0, 0.1) is 0 Å². The van der Waals surface area contributed by atoms with Crippen LogP contribution in [0.2, 0.25) is 0 Å². The highest BCUT2D eigenvalue weighted by Crippen LogP contribution is 2.50. The van der Waals surface area contributed by atoms with Crippen LogP contribution in [0.5, 0.6) is 0 Å². The molecule has 4 rings (SSSR count). The zero-order valence-corrected chi connectivity index (χ0v) is 22.3. The van der Waals surface area contributed by atoms with Crippen LogP contribution in [-0.4, -0.2) is 39.3 Å². The molecule has 2 aromatic rings. The van der Waals surface area contributed by atoms with Crippen molar-refractivity contribution >= 4 is 40.4 Å². The zero-order valence-electron chi connectivity index (χ0n) is 21.5. The van der Waals surface area contributed by atoms with Gasteiger partial charge < -0.3 is 9.80 Å². The van der Waals surface area contributed by atoms with Crippen LogP contribution in [0.3, 0.4) is 0 Å². The smallest absolute Gasteiger partial charge is 0.290 e. The summed E-state index contributed by atoms with van der Waals surface area (Å²) in [7, 11) is 8.29.